The Bertz CT molecular complexity index is 1040. The van der Waals surface area contributed by atoms with Crippen LogP contribution < -0.4 is 10.6 Å². The van der Waals surface area contributed by atoms with Gasteiger partial charge >= 0.3 is 0 Å². The maximum Gasteiger partial charge on any atom is 0.239 e. The fourth-order valence-corrected chi connectivity index (χ4v) is 4.03. The van der Waals surface area contributed by atoms with Gasteiger partial charge in [-0.3, -0.25) is 14.9 Å². The Morgan fingerprint density at radius 2 is 1.90 bits per heavy atom. The van der Waals surface area contributed by atoms with Crippen molar-refractivity contribution in [1.82, 2.24) is 25.0 Å². The predicted octanol–water partition coefficient (Wildman–Crippen LogP) is 2.90. The van der Waals surface area contributed by atoms with E-state index in [1.54, 1.807) is 11.5 Å². The van der Waals surface area contributed by atoms with E-state index in [0.29, 0.717) is 28.3 Å². The van der Waals surface area contributed by atoms with E-state index < -0.39 is 5.25 Å². The second-order valence-corrected chi connectivity index (χ2v) is 8.74. The number of nitrogens with zero attached hydrogens (tertiary/aromatic N) is 5. The average molecular weight is 450 g/mol. The third kappa shape index (κ3) is 5.60. The number of carbonyl (C=O) groups is 2. The monoisotopic (exact) mass is 449 g/mol. The first-order valence-corrected chi connectivity index (χ1v) is 10.8. The van der Waals surface area contributed by atoms with Gasteiger partial charge in [0, 0.05) is 12.2 Å². The number of aryl methyl sites for hydroxylation is 1. The van der Waals surface area contributed by atoms with Gasteiger partial charge in [-0.25, -0.2) is 4.39 Å². The summed E-state index contributed by atoms with van der Waals surface area (Å²) < 4.78 is 14.8. The lowest BCUT2D eigenvalue weighted by Crippen LogP contribution is -2.23. The molecule has 0 aliphatic carbocycles. The number of aromatic nitrogens is 5. The lowest BCUT2D eigenvalue weighted by Gasteiger charge is -2.11. The number of halogens is 1. The Morgan fingerprint density at radius 3 is 2.53 bits per heavy atom. The zero-order chi connectivity index (χ0) is 21.7. The molecule has 30 heavy (non-hydrogen) atoms. The van der Waals surface area contributed by atoms with E-state index in [-0.39, 0.29) is 24.1 Å². The summed E-state index contributed by atoms with van der Waals surface area (Å²) in [5, 5.41) is 22.7. The fourth-order valence-electron chi connectivity index (χ4n) is 2.50. The smallest absolute Gasteiger partial charge is 0.239 e. The Labute approximate surface area is 180 Å². The highest BCUT2D eigenvalue weighted by Gasteiger charge is 2.21. The topological polar surface area (TPSA) is 115 Å². The maximum absolute atomic E-state index is 13.0. The molecular formula is C18H20FN7O2S2. The second kappa shape index (κ2) is 9.76. The molecule has 3 rings (SSSR count). The molecule has 12 heteroatoms. The molecule has 1 aromatic carbocycles. The highest BCUT2D eigenvalue weighted by Crippen LogP contribution is 2.24. The van der Waals surface area contributed by atoms with Gasteiger partial charge in [0.25, 0.3) is 0 Å². The van der Waals surface area contributed by atoms with Crippen LogP contribution in [0.25, 0.3) is 0 Å². The summed E-state index contributed by atoms with van der Waals surface area (Å²) in [6.07, 6.45) is 0.00339. The third-order valence-electron chi connectivity index (χ3n) is 3.96. The minimum Gasteiger partial charge on any atom is -0.326 e. The number of hydrogen-bond acceptors (Lipinski definition) is 8. The number of benzene rings is 1. The zero-order valence-electron chi connectivity index (χ0n) is 16.5. The van der Waals surface area contributed by atoms with Crippen LogP contribution in [0.1, 0.15) is 24.7 Å². The van der Waals surface area contributed by atoms with Crippen molar-refractivity contribution in [3.8, 4) is 0 Å². The molecule has 1 unspecified atom stereocenters. The van der Waals surface area contributed by atoms with E-state index in [1.165, 1.54) is 47.4 Å². The SMILES string of the molecule is CCn1c(CC(=O)Nc2ccc(F)cc2)nnc1SC(C)C(=O)Nc1nnc(C)s1. The Hall–Kier alpha value is -2.86. The number of hydrogen-bond donors (Lipinski definition) is 2. The number of carbonyl (C=O) groups excluding carboxylic acids is 2. The molecule has 2 amide bonds. The molecule has 0 radical (unpaired) electrons. The lowest BCUT2D eigenvalue weighted by atomic mass is 10.3. The van der Waals surface area contributed by atoms with Crippen LogP contribution in [0.3, 0.4) is 0 Å². The van der Waals surface area contributed by atoms with E-state index >= 15 is 0 Å². The maximum atomic E-state index is 13.0. The summed E-state index contributed by atoms with van der Waals surface area (Å²) in [7, 11) is 0. The Morgan fingerprint density at radius 1 is 1.17 bits per heavy atom. The first-order chi connectivity index (χ1) is 14.4. The van der Waals surface area contributed by atoms with Crippen LogP contribution in [0.15, 0.2) is 29.4 Å². The molecule has 0 saturated heterocycles. The van der Waals surface area contributed by atoms with Crippen LogP contribution in [0, 0.1) is 12.7 Å². The van der Waals surface area contributed by atoms with Crippen molar-refractivity contribution in [2.45, 2.75) is 44.1 Å². The molecule has 9 nitrogen and oxygen atoms in total. The molecule has 2 aromatic heterocycles. The third-order valence-corrected chi connectivity index (χ3v) is 5.80. The zero-order valence-corrected chi connectivity index (χ0v) is 18.2. The molecule has 0 spiro atoms. The molecule has 0 fully saturated rings. The first kappa shape index (κ1) is 21.8. The average Bonchev–Trinajstić information content (AvgIpc) is 3.28. The lowest BCUT2D eigenvalue weighted by molar-refractivity contribution is -0.116. The van der Waals surface area contributed by atoms with E-state index in [1.807, 2.05) is 13.8 Å². The molecule has 2 N–H and O–H groups in total. The van der Waals surface area contributed by atoms with Crippen molar-refractivity contribution in [3.05, 3.63) is 40.9 Å². The minimum atomic E-state index is -0.454. The molecule has 0 bridgehead atoms. The van der Waals surface area contributed by atoms with E-state index in [9.17, 15) is 14.0 Å². The van der Waals surface area contributed by atoms with Crippen molar-refractivity contribution in [1.29, 1.82) is 0 Å². The van der Waals surface area contributed by atoms with Crippen LogP contribution in [0.2, 0.25) is 0 Å². The molecule has 0 aliphatic heterocycles. The van der Waals surface area contributed by atoms with Crippen LogP contribution in [-0.4, -0.2) is 42.0 Å². The Balaban J connectivity index is 1.62. The van der Waals surface area contributed by atoms with Crippen LogP contribution in [0.4, 0.5) is 15.2 Å². The number of nitrogens with one attached hydrogen (secondary N) is 2. The van der Waals surface area contributed by atoms with Gasteiger partial charge in [0.05, 0.1) is 11.7 Å². The summed E-state index contributed by atoms with van der Waals surface area (Å²) in [6, 6.07) is 5.51. The van der Waals surface area contributed by atoms with Crippen LogP contribution in [-0.2, 0) is 22.6 Å². The highest BCUT2D eigenvalue weighted by atomic mass is 32.2. The van der Waals surface area contributed by atoms with Gasteiger partial charge in [-0.1, -0.05) is 23.1 Å². The van der Waals surface area contributed by atoms with Crippen molar-refractivity contribution in [2.75, 3.05) is 10.6 Å². The normalized spacial score (nSPS) is 11.9. The van der Waals surface area contributed by atoms with Gasteiger partial charge in [-0.05, 0) is 45.0 Å². The predicted molar refractivity (Wildman–Crippen MR) is 113 cm³/mol. The number of amides is 2. The van der Waals surface area contributed by atoms with Gasteiger partial charge in [-0.15, -0.1) is 20.4 Å². The summed E-state index contributed by atoms with van der Waals surface area (Å²) in [5.41, 5.74) is 0.496. The van der Waals surface area contributed by atoms with Crippen molar-refractivity contribution in [3.63, 3.8) is 0 Å². The molecule has 2 heterocycles. The highest BCUT2D eigenvalue weighted by molar-refractivity contribution is 8.00. The molecule has 0 aliphatic rings. The molecule has 3 aromatic rings. The number of rotatable bonds is 8. The van der Waals surface area contributed by atoms with Gasteiger partial charge in [0.15, 0.2) is 5.16 Å². The van der Waals surface area contributed by atoms with Gasteiger partial charge in [0.1, 0.15) is 16.6 Å². The summed E-state index contributed by atoms with van der Waals surface area (Å²) in [6.45, 7) is 6.01. The number of anilines is 2. The molecule has 158 valence electrons. The number of thioether (sulfide) groups is 1. The van der Waals surface area contributed by atoms with Gasteiger partial charge in [-0.2, -0.15) is 0 Å². The minimum absolute atomic E-state index is 0.00339. The Kier molecular flexibility index (Phi) is 7.11. The summed E-state index contributed by atoms with van der Waals surface area (Å²) >= 11 is 2.54. The van der Waals surface area contributed by atoms with Gasteiger partial charge in [0.2, 0.25) is 16.9 Å². The standard InChI is InChI=1S/C18H20FN7O2S2/c1-4-26-14(9-15(27)20-13-7-5-12(19)6-8-13)23-25-18(26)29-10(2)16(28)21-17-24-22-11(3)30-17/h5-8,10H,4,9H2,1-3H3,(H,20,27)(H,21,24,28). The fraction of sp³-hybridized carbons (Fsp3) is 0.333. The second-order valence-electron chi connectivity index (χ2n) is 6.25. The van der Waals surface area contributed by atoms with E-state index in [2.05, 4.69) is 31.0 Å². The van der Waals surface area contributed by atoms with Crippen molar-refractivity contribution < 1.29 is 14.0 Å². The molecular weight excluding hydrogens is 429 g/mol. The summed E-state index contributed by atoms with van der Waals surface area (Å²) in [5.74, 6) is -0.415. The first-order valence-electron chi connectivity index (χ1n) is 9.10. The van der Waals surface area contributed by atoms with E-state index in [0.717, 1.165) is 5.01 Å². The van der Waals surface area contributed by atoms with Crippen molar-refractivity contribution in [2.24, 2.45) is 0 Å². The largest absolute Gasteiger partial charge is 0.326 e. The van der Waals surface area contributed by atoms with E-state index in [4.69, 9.17) is 0 Å². The summed E-state index contributed by atoms with van der Waals surface area (Å²) in [4.78, 5) is 24.7. The van der Waals surface area contributed by atoms with Crippen LogP contribution in [0.5, 0.6) is 0 Å². The van der Waals surface area contributed by atoms with Crippen LogP contribution >= 0.6 is 23.1 Å². The quantitative estimate of drug-likeness (QED) is 0.508. The van der Waals surface area contributed by atoms with Gasteiger partial charge < -0.3 is 9.88 Å². The van der Waals surface area contributed by atoms with Crippen molar-refractivity contribution >= 4 is 45.7 Å². The molecule has 0 saturated carbocycles. The molecule has 1 atom stereocenters.